The lowest BCUT2D eigenvalue weighted by atomic mass is 10.1. The maximum absolute atomic E-state index is 12.3. The van der Waals surface area contributed by atoms with Crippen LogP contribution in [0.15, 0.2) is 48.5 Å². The Labute approximate surface area is 155 Å². The van der Waals surface area contributed by atoms with E-state index < -0.39 is 0 Å². The first-order valence-electron chi connectivity index (χ1n) is 8.06. The summed E-state index contributed by atoms with van der Waals surface area (Å²) in [5, 5.41) is 2.92. The first-order valence-corrected chi connectivity index (χ1v) is 9.14. The number of hydrogen-bond donors (Lipinski definition) is 1. The van der Waals surface area contributed by atoms with Crippen LogP contribution in [0.3, 0.4) is 0 Å². The van der Waals surface area contributed by atoms with Gasteiger partial charge in [-0.1, -0.05) is 24.3 Å². The zero-order chi connectivity index (χ0) is 16.9. The molecule has 0 aromatic heterocycles. The fourth-order valence-electron chi connectivity index (χ4n) is 2.79. The summed E-state index contributed by atoms with van der Waals surface area (Å²) in [5.74, 6) is 0.0131. The maximum atomic E-state index is 12.3. The van der Waals surface area contributed by atoms with Crippen molar-refractivity contribution in [3.8, 4) is 0 Å². The molecule has 4 nitrogen and oxygen atoms in total. The molecule has 0 unspecified atom stereocenters. The first kappa shape index (κ1) is 17.0. The Morgan fingerprint density at radius 1 is 1.00 bits per heavy atom. The van der Waals surface area contributed by atoms with Crippen LogP contribution in [0, 0.1) is 3.57 Å². The van der Waals surface area contributed by atoms with Gasteiger partial charge in [0, 0.05) is 28.8 Å². The van der Waals surface area contributed by atoms with Crippen molar-refractivity contribution in [1.82, 2.24) is 10.2 Å². The maximum Gasteiger partial charge on any atom is 0.253 e. The molecule has 0 aliphatic carbocycles. The van der Waals surface area contributed by atoms with Crippen LogP contribution in [-0.2, 0) is 6.54 Å². The predicted octanol–water partition coefficient (Wildman–Crippen LogP) is 3.46. The van der Waals surface area contributed by atoms with Gasteiger partial charge >= 0.3 is 0 Å². The lowest BCUT2D eigenvalue weighted by molar-refractivity contribution is 0.0792. The summed E-state index contributed by atoms with van der Waals surface area (Å²) in [6.07, 6.45) is 2.18. The average molecular weight is 434 g/mol. The van der Waals surface area contributed by atoms with Gasteiger partial charge < -0.3 is 10.2 Å². The molecule has 24 heavy (non-hydrogen) atoms. The van der Waals surface area contributed by atoms with E-state index in [1.165, 1.54) is 0 Å². The third kappa shape index (κ3) is 3.95. The van der Waals surface area contributed by atoms with Gasteiger partial charge in [-0.2, -0.15) is 0 Å². The Morgan fingerprint density at radius 3 is 2.33 bits per heavy atom. The monoisotopic (exact) mass is 434 g/mol. The molecular formula is C19H19IN2O2. The molecule has 3 rings (SSSR count). The highest BCUT2D eigenvalue weighted by Crippen LogP contribution is 2.14. The molecule has 0 radical (unpaired) electrons. The van der Waals surface area contributed by atoms with E-state index in [0.29, 0.717) is 17.7 Å². The second-order valence-electron chi connectivity index (χ2n) is 5.86. The van der Waals surface area contributed by atoms with E-state index in [2.05, 4.69) is 27.9 Å². The molecule has 0 atom stereocenters. The van der Waals surface area contributed by atoms with Crippen molar-refractivity contribution in [2.24, 2.45) is 0 Å². The van der Waals surface area contributed by atoms with Gasteiger partial charge in [0.2, 0.25) is 0 Å². The number of carbonyl (C=O) groups excluding carboxylic acids is 2. The SMILES string of the molecule is O=C(NCc1ccc(C(=O)N2CCCC2)cc1)c1ccccc1I. The quantitative estimate of drug-likeness (QED) is 0.750. The van der Waals surface area contributed by atoms with Gasteiger partial charge in [0.1, 0.15) is 0 Å². The zero-order valence-electron chi connectivity index (χ0n) is 13.3. The van der Waals surface area contributed by atoms with E-state index in [4.69, 9.17) is 0 Å². The summed E-state index contributed by atoms with van der Waals surface area (Å²) < 4.78 is 0.930. The Hall–Kier alpha value is -1.89. The highest BCUT2D eigenvalue weighted by molar-refractivity contribution is 14.1. The first-order chi connectivity index (χ1) is 11.6. The van der Waals surface area contributed by atoms with Crippen LogP contribution in [0.5, 0.6) is 0 Å². The summed E-state index contributed by atoms with van der Waals surface area (Å²) in [7, 11) is 0. The van der Waals surface area contributed by atoms with Crippen molar-refractivity contribution < 1.29 is 9.59 Å². The normalized spacial score (nSPS) is 13.8. The molecule has 1 saturated heterocycles. The van der Waals surface area contributed by atoms with E-state index in [9.17, 15) is 9.59 Å². The predicted molar refractivity (Wildman–Crippen MR) is 102 cm³/mol. The molecule has 0 saturated carbocycles. The van der Waals surface area contributed by atoms with Gasteiger partial charge in [-0.3, -0.25) is 9.59 Å². The van der Waals surface area contributed by atoms with Crippen molar-refractivity contribution in [2.75, 3.05) is 13.1 Å². The van der Waals surface area contributed by atoms with Gasteiger partial charge in [0.05, 0.1) is 5.56 Å². The van der Waals surface area contributed by atoms with Crippen molar-refractivity contribution in [1.29, 1.82) is 0 Å². The van der Waals surface area contributed by atoms with Crippen LogP contribution in [0.25, 0.3) is 0 Å². The van der Waals surface area contributed by atoms with Gasteiger partial charge in [-0.15, -0.1) is 0 Å². The lowest BCUT2D eigenvalue weighted by Gasteiger charge is -2.15. The fourth-order valence-corrected chi connectivity index (χ4v) is 3.42. The van der Waals surface area contributed by atoms with Gasteiger partial charge in [-0.25, -0.2) is 0 Å². The van der Waals surface area contributed by atoms with Crippen LogP contribution in [0.4, 0.5) is 0 Å². The van der Waals surface area contributed by atoms with Crippen LogP contribution in [-0.4, -0.2) is 29.8 Å². The largest absolute Gasteiger partial charge is 0.348 e. The van der Waals surface area contributed by atoms with Crippen molar-refractivity contribution in [3.63, 3.8) is 0 Å². The average Bonchev–Trinajstić information content (AvgIpc) is 3.14. The van der Waals surface area contributed by atoms with Crippen molar-refractivity contribution in [3.05, 3.63) is 68.8 Å². The Kier molecular flexibility index (Phi) is 5.50. The molecule has 1 N–H and O–H groups in total. The molecule has 1 aliphatic rings. The number of rotatable bonds is 4. The lowest BCUT2D eigenvalue weighted by Crippen LogP contribution is -2.27. The van der Waals surface area contributed by atoms with Crippen molar-refractivity contribution in [2.45, 2.75) is 19.4 Å². The summed E-state index contributed by atoms with van der Waals surface area (Å²) >= 11 is 2.16. The highest BCUT2D eigenvalue weighted by atomic mass is 127. The van der Waals surface area contributed by atoms with E-state index in [0.717, 1.165) is 35.1 Å². The number of carbonyl (C=O) groups is 2. The van der Waals surface area contributed by atoms with E-state index in [1.54, 1.807) is 0 Å². The van der Waals surface area contributed by atoms with Gasteiger partial charge in [0.15, 0.2) is 0 Å². The minimum absolute atomic E-state index is 0.0859. The summed E-state index contributed by atoms with van der Waals surface area (Å²) in [4.78, 5) is 26.4. The molecule has 1 aliphatic heterocycles. The molecule has 5 heteroatoms. The summed E-state index contributed by atoms with van der Waals surface area (Å²) in [6, 6.07) is 15.0. The van der Waals surface area contributed by atoms with Crippen molar-refractivity contribution >= 4 is 34.4 Å². The Balaban J connectivity index is 1.59. The Bertz CT molecular complexity index is 737. The number of likely N-dealkylation sites (tertiary alicyclic amines) is 1. The van der Waals surface area contributed by atoms with Crippen LogP contribution in [0.1, 0.15) is 39.1 Å². The molecule has 2 amide bonds. The van der Waals surface area contributed by atoms with Gasteiger partial charge in [-0.05, 0) is 65.3 Å². The second kappa shape index (κ2) is 7.79. The minimum Gasteiger partial charge on any atom is -0.348 e. The van der Waals surface area contributed by atoms with E-state index in [-0.39, 0.29) is 11.8 Å². The third-order valence-corrected chi connectivity index (χ3v) is 5.11. The smallest absolute Gasteiger partial charge is 0.253 e. The number of amides is 2. The molecule has 2 aromatic rings. The standard InChI is InChI=1S/C19H19IN2O2/c20-17-6-2-1-5-16(17)18(23)21-13-14-7-9-15(10-8-14)19(24)22-11-3-4-12-22/h1-2,5-10H,3-4,11-13H2,(H,21,23). The molecule has 124 valence electrons. The molecule has 0 spiro atoms. The van der Waals surface area contributed by atoms with Crippen LogP contribution in [0.2, 0.25) is 0 Å². The molecule has 1 heterocycles. The zero-order valence-corrected chi connectivity index (χ0v) is 15.5. The fraction of sp³-hybridized carbons (Fsp3) is 0.263. The molecule has 2 aromatic carbocycles. The highest BCUT2D eigenvalue weighted by Gasteiger charge is 2.19. The molecule has 0 bridgehead atoms. The van der Waals surface area contributed by atoms with E-state index in [1.807, 2.05) is 53.4 Å². The Morgan fingerprint density at radius 2 is 1.67 bits per heavy atom. The minimum atomic E-state index is -0.0859. The molecule has 1 fully saturated rings. The second-order valence-corrected chi connectivity index (χ2v) is 7.02. The number of benzene rings is 2. The number of nitrogens with one attached hydrogen (secondary N) is 1. The number of nitrogens with zero attached hydrogens (tertiary/aromatic N) is 1. The molecular weight excluding hydrogens is 415 g/mol. The third-order valence-electron chi connectivity index (χ3n) is 4.17. The van der Waals surface area contributed by atoms with E-state index >= 15 is 0 Å². The number of hydrogen-bond acceptors (Lipinski definition) is 2. The summed E-state index contributed by atoms with van der Waals surface area (Å²) in [5.41, 5.74) is 2.37. The van der Waals surface area contributed by atoms with Gasteiger partial charge in [0.25, 0.3) is 11.8 Å². The number of halogens is 1. The topological polar surface area (TPSA) is 49.4 Å². The van der Waals surface area contributed by atoms with Crippen LogP contribution < -0.4 is 5.32 Å². The summed E-state index contributed by atoms with van der Waals surface area (Å²) in [6.45, 7) is 2.15. The van der Waals surface area contributed by atoms with Crippen LogP contribution >= 0.6 is 22.6 Å².